The SMILES string of the molecule is CN(C)C(=O)c1c(F)c2cnc(Cl)nc2n1C1CCCC1.CN(C)CCOc1ccc(N)nc1.CN(C)CCOc1ccc(Nc2ncc3c(F)c(C(=O)N(C)C)n(C4CCCC4)c3n2)nc1. The Morgan fingerprint density at radius 1 is 0.672 bits per heavy atom. The average molecular weight is 948 g/mol. The lowest BCUT2D eigenvalue weighted by atomic mass is 10.2. The van der Waals surface area contributed by atoms with Gasteiger partial charge in [-0.25, -0.2) is 28.7 Å². The third-order valence-electron chi connectivity index (χ3n) is 11.3. The third-order valence-corrected chi connectivity index (χ3v) is 11.5. The molecule has 0 radical (unpaired) electrons. The number of likely N-dealkylation sites (N-methyl/N-ethyl adjacent to an activating group) is 2. The number of aromatic nitrogens is 8. The molecule has 18 nitrogen and oxygen atoms in total. The first-order valence-electron chi connectivity index (χ1n) is 22.2. The van der Waals surface area contributed by atoms with Gasteiger partial charge in [0.1, 0.15) is 59.0 Å². The minimum absolute atomic E-state index is 0.0374. The second kappa shape index (κ2) is 23.0. The molecule has 2 amide bonds. The van der Waals surface area contributed by atoms with Crippen LogP contribution in [0.2, 0.25) is 5.28 Å². The number of nitrogens with zero attached hydrogens (tertiary/aromatic N) is 12. The summed E-state index contributed by atoms with van der Waals surface area (Å²) in [4.78, 5) is 57.1. The van der Waals surface area contributed by atoms with Gasteiger partial charge >= 0.3 is 0 Å². The van der Waals surface area contributed by atoms with Crippen LogP contribution in [-0.4, -0.2) is 153 Å². The van der Waals surface area contributed by atoms with Crippen LogP contribution < -0.4 is 20.5 Å². The minimum Gasteiger partial charge on any atom is -0.491 e. The zero-order chi connectivity index (χ0) is 48.4. The van der Waals surface area contributed by atoms with Crippen molar-refractivity contribution in [2.75, 3.05) is 93.7 Å². The van der Waals surface area contributed by atoms with Gasteiger partial charge in [0, 0.05) is 65.8 Å². The molecule has 6 aromatic heterocycles. The maximum absolute atomic E-state index is 15.3. The Labute approximate surface area is 394 Å². The number of ether oxygens (including phenoxy) is 2. The van der Waals surface area contributed by atoms with E-state index in [0.717, 1.165) is 70.2 Å². The topological polar surface area (TPSA) is 191 Å². The van der Waals surface area contributed by atoms with Crippen LogP contribution in [0.15, 0.2) is 49.1 Å². The smallest absolute Gasteiger partial charge is 0.273 e. The minimum atomic E-state index is -0.570. The molecule has 2 saturated carbocycles. The van der Waals surface area contributed by atoms with Gasteiger partial charge in [0.15, 0.2) is 11.6 Å². The van der Waals surface area contributed by atoms with Crippen molar-refractivity contribution >= 4 is 63.1 Å². The van der Waals surface area contributed by atoms with E-state index in [0.29, 0.717) is 41.9 Å². The summed E-state index contributed by atoms with van der Waals surface area (Å²) in [5.74, 6) is 0.896. The quantitative estimate of drug-likeness (QED) is 0.105. The second-order valence-corrected chi connectivity index (χ2v) is 17.7. The van der Waals surface area contributed by atoms with Gasteiger partial charge in [-0.1, -0.05) is 25.7 Å². The summed E-state index contributed by atoms with van der Waals surface area (Å²) in [6.07, 6.45) is 13.9. The molecule has 67 heavy (non-hydrogen) atoms. The Kier molecular flexibility index (Phi) is 17.2. The van der Waals surface area contributed by atoms with Crippen LogP contribution in [0.25, 0.3) is 22.1 Å². The number of nitrogens with two attached hydrogens (primary N) is 1. The molecule has 0 saturated heterocycles. The van der Waals surface area contributed by atoms with Crippen molar-refractivity contribution in [3.8, 4) is 11.5 Å². The number of anilines is 3. The number of carbonyl (C=O) groups excluding carboxylic acids is 2. The third kappa shape index (κ3) is 12.6. The van der Waals surface area contributed by atoms with Gasteiger partial charge in [-0.05, 0) is 89.7 Å². The van der Waals surface area contributed by atoms with Crippen molar-refractivity contribution in [2.24, 2.45) is 0 Å². The van der Waals surface area contributed by atoms with E-state index in [-0.39, 0.29) is 57.3 Å². The van der Waals surface area contributed by atoms with E-state index < -0.39 is 11.6 Å². The number of rotatable bonds is 14. The number of halogens is 3. The van der Waals surface area contributed by atoms with Crippen molar-refractivity contribution in [2.45, 2.75) is 63.5 Å². The van der Waals surface area contributed by atoms with Gasteiger partial charge < -0.3 is 49.3 Å². The highest BCUT2D eigenvalue weighted by molar-refractivity contribution is 6.28. The van der Waals surface area contributed by atoms with Gasteiger partial charge in [0.2, 0.25) is 11.2 Å². The number of hydrogen-bond acceptors (Lipinski definition) is 14. The lowest BCUT2D eigenvalue weighted by Crippen LogP contribution is -2.26. The van der Waals surface area contributed by atoms with E-state index >= 15 is 4.39 Å². The molecule has 21 heteroatoms. The first kappa shape index (κ1) is 50.2. The van der Waals surface area contributed by atoms with Gasteiger partial charge in [-0.2, -0.15) is 9.97 Å². The average Bonchev–Trinajstić information content (AvgIpc) is 4.12. The van der Waals surface area contributed by atoms with Crippen LogP contribution in [0.1, 0.15) is 84.4 Å². The van der Waals surface area contributed by atoms with Gasteiger partial charge in [0.25, 0.3) is 11.8 Å². The number of hydrogen-bond donors (Lipinski definition) is 2. The molecule has 0 unspecified atom stereocenters. The van der Waals surface area contributed by atoms with E-state index in [1.54, 1.807) is 61.9 Å². The number of nitrogen functional groups attached to an aromatic ring is 1. The van der Waals surface area contributed by atoms with Gasteiger partial charge in [-0.15, -0.1) is 0 Å². The molecule has 6 aromatic rings. The molecule has 2 aliphatic carbocycles. The number of pyridine rings is 2. The van der Waals surface area contributed by atoms with E-state index in [2.05, 4.69) is 40.1 Å². The fourth-order valence-corrected chi connectivity index (χ4v) is 7.95. The molecule has 0 aromatic carbocycles. The van der Waals surface area contributed by atoms with Gasteiger partial charge in [0.05, 0.1) is 23.2 Å². The Hall–Kier alpha value is -6.25. The molecule has 2 fully saturated rings. The molecule has 0 bridgehead atoms. The molecule has 0 atom stereocenters. The normalized spacial score (nSPS) is 14.0. The predicted octanol–water partition coefficient (Wildman–Crippen LogP) is 7.11. The Balaban J connectivity index is 0.000000185. The summed E-state index contributed by atoms with van der Waals surface area (Å²) < 4.78 is 44.6. The Morgan fingerprint density at radius 3 is 1.57 bits per heavy atom. The lowest BCUT2D eigenvalue weighted by molar-refractivity contribution is 0.0803. The van der Waals surface area contributed by atoms with E-state index in [9.17, 15) is 14.0 Å². The highest BCUT2D eigenvalue weighted by Gasteiger charge is 2.32. The predicted molar refractivity (Wildman–Crippen MR) is 255 cm³/mol. The van der Waals surface area contributed by atoms with Crippen LogP contribution in [0.3, 0.4) is 0 Å². The maximum Gasteiger partial charge on any atom is 0.273 e. The summed E-state index contributed by atoms with van der Waals surface area (Å²) in [6, 6.07) is 7.26. The fraction of sp³-hybridized carbons (Fsp3) is 0.478. The molecular formula is C46H61ClF2N14O4. The summed E-state index contributed by atoms with van der Waals surface area (Å²) in [6.45, 7) is 2.94. The molecule has 2 aliphatic rings. The fourth-order valence-electron chi connectivity index (χ4n) is 7.82. The summed E-state index contributed by atoms with van der Waals surface area (Å²) in [5.41, 5.74) is 6.36. The zero-order valence-corrected chi connectivity index (χ0v) is 40.2. The van der Waals surface area contributed by atoms with E-state index in [1.807, 2.05) is 45.2 Å². The Bertz CT molecular complexity index is 2590. The van der Waals surface area contributed by atoms with Gasteiger partial charge in [-0.3, -0.25) is 9.59 Å². The second-order valence-electron chi connectivity index (χ2n) is 17.4. The molecule has 6 heterocycles. The molecule has 360 valence electrons. The van der Waals surface area contributed by atoms with Crippen LogP contribution in [0.5, 0.6) is 11.5 Å². The molecule has 0 spiro atoms. The zero-order valence-electron chi connectivity index (χ0n) is 39.5. The molecule has 8 rings (SSSR count). The van der Waals surface area contributed by atoms with Crippen molar-refractivity contribution in [3.63, 3.8) is 0 Å². The van der Waals surface area contributed by atoms with Crippen molar-refractivity contribution in [1.29, 1.82) is 0 Å². The number of amides is 2. The van der Waals surface area contributed by atoms with Crippen molar-refractivity contribution in [3.05, 3.63) is 77.4 Å². The monoisotopic (exact) mass is 946 g/mol. The summed E-state index contributed by atoms with van der Waals surface area (Å²) >= 11 is 5.85. The number of nitrogens with one attached hydrogen (secondary N) is 1. The van der Waals surface area contributed by atoms with Crippen molar-refractivity contribution < 1.29 is 27.8 Å². The first-order chi connectivity index (χ1) is 32.0. The molecule has 0 aliphatic heterocycles. The van der Waals surface area contributed by atoms with Crippen LogP contribution in [0, 0.1) is 11.6 Å². The van der Waals surface area contributed by atoms with E-state index in [4.69, 9.17) is 26.8 Å². The maximum atomic E-state index is 15.3. The standard InChI is InChI=1S/C23H30FN7O2.C14H16ClFN4O.C9H15N3O/c1-29(2)11-12-33-16-9-10-18(25-13-16)27-23-26-14-17-19(24)20(22(32)30(3)4)31(21(17)28-23)15-7-5-6-8-15;1-19(2)13(21)11-10(16)9-7-17-14(15)18-12(9)20(11)8-5-3-4-6-8;1-12(2)5-6-13-8-3-4-9(10)11-7-8/h9-10,13-15H,5-8,11-12H2,1-4H3,(H,25,26,27,28);7-8H,3-6H2,1-2H3;3-4,7H,5-6H2,1-2H3,(H2,10,11). The molecule has 3 N–H and O–H groups in total. The lowest BCUT2D eigenvalue weighted by Gasteiger charge is -2.18. The number of carbonyl (C=O) groups is 2. The summed E-state index contributed by atoms with van der Waals surface area (Å²) in [7, 11) is 14.4. The van der Waals surface area contributed by atoms with Crippen molar-refractivity contribution in [1.82, 2.24) is 58.6 Å². The highest BCUT2D eigenvalue weighted by atomic mass is 35.5. The highest BCUT2D eigenvalue weighted by Crippen LogP contribution is 2.38. The van der Waals surface area contributed by atoms with Crippen LogP contribution >= 0.6 is 11.6 Å². The summed E-state index contributed by atoms with van der Waals surface area (Å²) in [5, 5.41) is 3.62. The Morgan fingerprint density at radius 2 is 1.13 bits per heavy atom. The van der Waals surface area contributed by atoms with Crippen LogP contribution in [-0.2, 0) is 0 Å². The number of fused-ring (bicyclic) bond motifs is 2. The largest absolute Gasteiger partial charge is 0.491 e. The first-order valence-corrected chi connectivity index (χ1v) is 22.6. The molecular weight excluding hydrogens is 886 g/mol. The van der Waals surface area contributed by atoms with E-state index in [1.165, 1.54) is 22.2 Å². The van der Waals surface area contributed by atoms with Crippen LogP contribution in [0.4, 0.5) is 26.4 Å².